The number of carbonyl (C=O) groups is 1. The van der Waals surface area contributed by atoms with E-state index in [1.807, 2.05) is 13.8 Å². The molecule has 0 heterocycles. The first-order valence-corrected chi connectivity index (χ1v) is 8.64. The van der Waals surface area contributed by atoms with E-state index < -0.39 is 5.97 Å². The highest BCUT2D eigenvalue weighted by molar-refractivity contribution is 6.38. The Labute approximate surface area is 161 Å². The summed E-state index contributed by atoms with van der Waals surface area (Å²) in [6.45, 7) is 4.45. The molecule has 2 aromatic carbocycles. The highest BCUT2D eigenvalue weighted by atomic mass is 35.5. The largest absolute Gasteiger partial charge is 0.491 e. The lowest BCUT2D eigenvalue weighted by Gasteiger charge is -2.15. The van der Waals surface area contributed by atoms with Gasteiger partial charge < -0.3 is 14.6 Å². The van der Waals surface area contributed by atoms with Crippen LogP contribution in [-0.4, -0.2) is 30.5 Å². The Bertz CT molecular complexity index is 825. The van der Waals surface area contributed by atoms with Crippen LogP contribution in [0.15, 0.2) is 35.4 Å². The number of nitrogens with zero attached hydrogens (tertiary/aromatic N) is 1. The molecule has 138 valence electrons. The van der Waals surface area contributed by atoms with Gasteiger partial charge in [0.15, 0.2) is 11.5 Å². The molecule has 2 aromatic rings. The van der Waals surface area contributed by atoms with E-state index in [1.54, 1.807) is 24.3 Å². The zero-order valence-corrected chi connectivity index (χ0v) is 15.8. The van der Waals surface area contributed by atoms with Gasteiger partial charge in [-0.2, -0.15) is 5.10 Å². The van der Waals surface area contributed by atoms with Gasteiger partial charge in [-0.1, -0.05) is 35.3 Å². The van der Waals surface area contributed by atoms with Crippen LogP contribution in [0.1, 0.15) is 29.8 Å². The molecular formula is C18H18Cl2N2O4. The van der Waals surface area contributed by atoms with Gasteiger partial charge in [-0.25, -0.2) is 4.79 Å². The molecule has 6 nitrogen and oxygen atoms in total. The molecule has 0 aliphatic carbocycles. The molecule has 8 heteroatoms. The van der Waals surface area contributed by atoms with Crippen LogP contribution in [-0.2, 0) is 0 Å². The van der Waals surface area contributed by atoms with E-state index in [9.17, 15) is 9.90 Å². The number of para-hydroxylation sites is 1. The van der Waals surface area contributed by atoms with Crippen LogP contribution in [0.5, 0.6) is 11.5 Å². The van der Waals surface area contributed by atoms with Gasteiger partial charge in [0.2, 0.25) is 0 Å². The van der Waals surface area contributed by atoms with E-state index in [4.69, 9.17) is 32.7 Å². The van der Waals surface area contributed by atoms with Gasteiger partial charge in [0.05, 0.1) is 35.7 Å². The molecule has 0 saturated heterocycles. The van der Waals surface area contributed by atoms with Gasteiger partial charge in [-0.15, -0.1) is 0 Å². The minimum absolute atomic E-state index is 0.109. The molecule has 0 bridgehead atoms. The van der Waals surface area contributed by atoms with E-state index in [1.165, 1.54) is 12.3 Å². The maximum Gasteiger partial charge on any atom is 0.337 e. The number of aromatic carboxylic acids is 1. The van der Waals surface area contributed by atoms with Crippen molar-refractivity contribution < 1.29 is 19.4 Å². The predicted molar refractivity (Wildman–Crippen MR) is 103 cm³/mol. The Kier molecular flexibility index (Phi) is 7.12. The van der Waals surface area contributed by atoms with E-state index in [0.717, 1.165) is 0 Å². The van der Waals surface area contributed by atoms with Crippen LogP contribution in [0.2, 0.25) is 10.0 Å². The molecular weight excluding hydrogens is 379 g/mol. The zero-order chi connectivity index (χ0) is 19.1. The van der Waals surface area contributed by atoms with Gasteiger partial charge >= 0.3 is 5.97 Å². The van der Waals surface area contributed by atoms with E-state index in [-0.39, 0.29) is 10.6 Å². The Morgan fingerprint density at radius 3 is 2.50 bits per heavy atom. The Morgan fingerprint density at radius 2 is 1.85 bits per heavy atom. The van der Waals surface area contributed by atoms with Crippen molar-refractivity contribution >= 4 is 41.1 Å². The van der Waals surface area contributed by atoms with E-state index >= 15 is 0 Å². The molecule has 0 unspecified atom stereocenters. The molecule has 0 fully saturated rings. The molecule has 0 saturated carbocycles. The number of nitrogens with one attached hydrogen (secondary N) is 1. The first kappa shape index (κ1) is 19.9. The number of rotatable bonds is 8. The van der Waals surface area contributed by atoms with Crippen LogP contribution in [0.25, 0.3) is 0 Å². The summed E-state index contributed by atoms with van der Waals surface area (Å²) in [4.78, 5) is 11.2. The van der Waals surface area contributed by atoms with Crippen LogP contribution in [0.3, 0.4) is 0 Å². The fraction of sp³-hybridized carbons (Fsp3) is 0.222. The Hall–Kier alpha value is -2.44. The fourth-order valence-electron chi connectivity index (χ4n) is 2.20. The number of ether oxygens (including phenoxy) is 2. The van der Waals surface area contributed by atoms with Crippen molar-refractivity contribution in [2.24, 2.45) is 5.10 Å². The van der Waals surface area contributed by atoms with Gasteiger partial charge in [0.25, 0.3) is 0 Å². The maximum atomic E-state index is 11.2. The molecule has 2 rings (SSSR count). The van der Waals surface area contributed by atoms with Crippen molar-refractivity contribution in [3.63, 3.8) is 0 Å². The molecule has 0 radical (unpaired) electrons. The molecule has 0 aliphatic rings. The molecule has 2 N–H and O–H groups in total. The lowest BCUT2D eigenvalue weighted by molar-refractivity contribution is 0.0698. The molecule has 0 amide bonds. The van der Waals surface area contributed by atoms with Crippen LogP contribution in [0.4, 0.5) is 5.69 Å². The van der Waals surface area contributed by atoms with Gasteiger partial charge in [0.1, 0.15) is 5.02 Å². The lowest BCUT2D eigenvalue weighted by atomic mass is 10.2. The first-order chi connectivity index (χ1) is 12.5. The average Bonchev–Trinajstić information content (AvgIpc) is 2.62. The standard InChI is InChI=1S/C18H18Cl2N2O4/c1-3-25-16-11(9-13(19)17(15(16)20)26-4-2)10-21-22-14-8-6-5-7-12(14)18(23)24/h5-10,22H,3-4H2,1-2H3,(H,23,24). The summed E-state index contributed by atoms with van der Waals surface area (Å²) in [5.74, 6) is -0.315. The van der Waals surface area contributed by atoms with Crippen LogP contribution in [0, 0.1) is 0 Å². The Morgan fingerprint density at radius 1 is 1.19 bits per heavy atom. The SMILES string of the molecule is CCOc1c(Cl)cc(C=NNc2ccccc2C(=O)O)c(OCC)c1Cl. The maximum absolute atomic E-state index is 11.2. The highest BCUT2D eigenvalue weighted by Gasteiger charge is 2.17. The predicted octanol–water partition coefficient (Wildman–Crippen LogP) is 4.94. The third kappa shape index (κ3) is 4.59. The summed E-state index contributed by atoms with van der Waals surface area (Å²) >= 11 is 12.6. The molecule has 0 spiro atoms. The number of anilines is 1. The topological polar surface area (TPSA) is 80.2 Å². The Balaban J connectivity index is 2.34. The average molecular weight is 397 g/mol. The van der Waals surface area contributed by atoms with Gasteiger partial charge in [0, 0.05) is 5.56 Å². The van der Waals surface area contributed by atoms with E-state index in [0.29, 0.717) is 41.0 Å². The first-order valence-electron chi connectivity index (χ1n) is 7.88. The molecule has 0 aliphatic heterocycles. The molecule has 0 aromatic heterocycles. The number of benzene rings is 2. The van der Waals surface area contributed by atoms with Crippen LogP contribution >= 0.6 is 23.2 Å². The third-order valence-electron chi connectivity index (χ3n) is 3.28. The third-order valence-corrected chi connectivity index (χ3v) is 3.91. The number of hydrogen-bond donors (Lipinski definition) is 2. The second-order valence-corrected chi connectivity index (χ2v) is 5.79. The minimum Gasteiger partial charge on any atom is -0.491 e. The number of carboxylic acids is 1. The summed E-state index contributed by atoms with van der Waals surface area (Å²) in [7, 11) is 0. The van der Waals surface area contributed by atoms with Crippen molar-refractivity contribution in [3.05, 3.63) is 51.5 Å². The quantitative estimate of drug-likeness (QED) is 0.488. The van der Waals surface area contributed by atoms with E-state index in [2.05, 4.69) is 10.5 Å². The van der Waals surface area contributed by atoms with Crippen molar-refractivity contribution in [1.82, 2.24) is 0 Å². The minimum atomic E-state index is -1.05. The molecule has 26 heavy (non-hydrogen) atoms. The number of hydrazone groups is 1. The lowest BCUT2D eigenvalue weighted by Crippen LogP contribution is -2.03. The second-order valence-electron chi connectivity index (χ2n) is 5.01. The fourth-order valence-corrected chi connectivity index (χ4v) is 2.84. The van der Waals surface area contributed by atoms with Crippen LogP contribution < -0.4 is 14.9 Å². The monoisotopic (exact) mass is 396 g/mol. The van der Waals surface area contributed by atoms with Gasteiger partial charge in [-0.05, 0) is 32.0 Å². The summed E-state index contributed by atoms with van der Waals surface area (Å²) in [6.07, 6.45) is 1.46. The normalized spacial score (nSPS) is 10.8. The smallest absolute Gasteiger partial charge is 0.337 e. The summed E-state index contributed by atoms with van der Waals surface area (Å²) in [5, 5.41) is 13.9. The summed E-state index contributed by atoms with van der Waals surface area (Å²) in [6, 6.07) is 8.06. The zero-order valence-electron chi connectivity index (χ0n) is 14.3. The molecule has 0 atom stereocenters. The van der Waals surface area contributed by atoms with Crippen molar-refractivity contribution in [3.8, 4) is 11.5 Å². The highest BCUT2D eigenvalue weighted by Crippen LogP contribution is 2.42. The second kappa shape index (κ2) is 9.31. The number of hydrogen-bond acceptors (Lipinski definition) is 5. The summed E-state index contributed by atoms with van der Waals surface area (Å²) < 4.78 is 11.0. The van der Waals surface area contributed by atoms with Crippen molar-refractivity contribution in [1.29, 1.82) is 0 Å². The number of carboxylic acid groups (broad SMARTS) is 1. The van der Waals surface area contributed by atoms with Crippen molar-refractivity contribution in [2.75, 3.05) is 18.6 Å². The van der Waals surface area contributed by atoms with Gasteiger partial charge in [-0.3, -0.25) is 5.43 Å². The number of halogens is 2. The summed E-state index contributed by atoms with van der Waals surface area (Å²) in [5.41, 5.74) is 3.71. The van der Waals surface area contributed by atoms with Crippen molar-refractivity contribution in [2.45, 2.75) is 13.8 Å².